The zero-order valence-corrected chi connectivity index (χ0v) is 29.6. The fourth-order valence-electron chi connectivity index (χ4n) is 5.51. The Morgan fingerprint density at radius 1 is 0.604 bits per heavy atom. The number of carboxylic acids is 1. The normalized spacial score (nSPS) is 10.7. The number of aromatic nitrogens is 4. The number of carbonyl (C=O) groups is 2. The second-order valence-electron chi connectivity index (χ2n) is 11.9. The third-order valence-corrected chi connectivity index (χ3v) is 8.42. The fraction of sp³-hybridized carbons (Fsp3) is 0.128. The number of hydrogen-bond acceptors (Lipinski definition) is 12. The van der Waals surface area contributed by atoms with Crippen LogP contribution in [0.25, 0.3) is 68.0 Å². The van der Waals surface area contributed by atoms with Crippen LogP contribution in [0.1, 0.15) is 43.0 Å². The van der Waals surface area contributed by atoms with Crippen molar-refractivity contribution in [3.05, 3.63) is 118 Å². The van der Waals surface area contributed by atoms with Gasteiger partial charge in [-0.2, -0.15) is 9.97 Å². The molecule has 0 atom stereocenters. The number of rotatable bonds is 6. The minimum atomic E-state index is -0.978. The first-order chi connectivity index (χ1) is 24.6. The molecule has 0 radical (unpaired) electrons. The van der Waals surface area contributed by atoms with E-state index in [1.165, 1.54) is 19.2 Å². The van der Waals surface area contributed by atoms with Gasteiger partial charge in [0.25, 0.3) is 11.8 Å². The maximum absolute atomic E-state index is 11.5. The number of furan rings is 2. The number of benzene rings is 4. The van der Waals surface area contributed by atoms with Gasteiger partial charge in [-0.15, -0.1) is 0 Å². The molecule has 2 N–H and O–H groups in total. The number of carboxylic acid groups (broad SMARTS) is 1. The largest absolute Gasteiger partial charge is 1.00 e. The van der Waals surface area contributed by atoms with Crippen molar-refractivity contribution in [2.45, 2.75) is 27.7 Å². The molecule has 0 saturated carbocycles. The standard InChI is InChI=1S/C20H16N2O4.C19H14N2O4.Li.H2O/c1-11-4-5-12(2)17-15(11)10-16(25-17)19-21-18(22-26-19)13-6-8-14(9-7-13)20(23)24-3;1-10-3-4-11(2)16-14(10)9-15(24-16)18-20-17(21-25-18)12-5-7-13(8-6-12)19(22)23;;/h4-10H,1-3H3;3-9H,1-2H3,(H,22,23);;1H2/q;;+1;/p-1. The number of aryl methyl sites for hydroxylation is 4. The van der Waals surface area contributed by atoms with E-state index in [-0.39, 0.29) is 35.8 Å². The van der Waals surface area contributed by atoms with Gasteiger partial charge in [0.2, 0.25) is 11.6 Å². The monoisotopic (exact) mass is 706 g/mol. The summed E-state index contributed by atoms with van der Waals surface area (Å²) in [5.74, 6) is 1.06. The van der Waals surface area contributed by atoms with Crippen molar-refractivity contribution >= 4 is 33.9 Å². The van der Waals surface area contributed by atoms with E-state index in [1.54, 1.807) is 36.4 Å². The molecule has 0 spiro atoms. The van der Waals surface area contributed by atoms with Gasteiger partial charge in [0, 0.05) is 21.9 Å². The third-order valence-electron chi connectivity index (χ3n) is 8.42. The van der Waals surface area contributed by atoms with Gasteiger partial charge in [0.05, 0.1) is 18.2 Å². The first kappa shape index (κ1) is 38.0. The van der Waals surface area contributed by atoms with Crippen LogP contribution in [-0.2, 0) is 4.74 Å². The average molecular weight is 707 g/mol. The molecular weight excluding hydrogens is 675 g/mol. The second-order valence-corrected chi connectivity index (χ2v) is 11.9. The third kappa shape index (κ3) is 7.54. The molecule has 8 rings (SSSR count). The molecule has 4 heterocycles. The van der Waals surface area contributed by atoms with Gasteiger partial charge in [-0.1, -0.05) is 58.8 Å². The van der Waals surface area contributed by atoms with Crippen molar-refractivity contribution in [1.29, 1.82) is 0 Å². The average Bonchev–Trinajstić information content (AvgIpc) is 3.97. The van der Waals surface area contributed by atoms with Crippen molar-refractivity contribution in [2.24, 2.45) is 0 Å². The first-order valence-electron chi connectivity index (χ1n) is 15.8. The van der Waals surface area contributed by atoms with Gasteiger partial charge in [-0.25, -0.2) is 9.59 Å². The quantitative estimate of drug-likeness (QED) is 0.160. The number of ether oxygens (including phenoxy) is 1. The number of fused-ring (bicyclic) bond motifs is 2. The van der Waals surface area contributed by atoms with Crippen molar-refractivity contribution in [3.8, 4) is 46.1 Å². The summed E-state index contributed by atoms with van der Waals surface area (Å²) in [5.41, 5.74) is 8.02. The van der Waals surface area contributed by atoms with Gasteiger partial charge in [0.15, 0.2) is 11.5 Å². The Morgan fingerprint density at radius 2 is 1.00 bits per heavy atom. The van der Waals surface area contributed by atoms with Crippen molar-refractivity contribution in [2.75, 3.05) is 7.11 Å². The van der Waals surface area contributed by atoms with Crippen LogP contribution in [0.15, 0.2) is 103 Å². The van der Waals surface area contributed by atoms with Crippen LogP contribution in [-0.4, -0.2) is 49.9 Å². The molecule has 0 amide bonds. The van der Waals surface area contributed by atoms with Crippen molar-refractivity contribution < 1.29 is 61.6 Å². The van der Waals surface area contributed by atoms with Gasteiger partial charge < -0.3 is 33.2 Å². The molecule has 0 bridgehead atoms. The summed E-state index contributed by atoms with van der Waals surface area (Å²) in [7, 11) is 1.35. The molecule has 0 aliphatic carbocycles. The molecule has 0 fully saturated rings. The predicted octanol–water partition coefficient (Wildman–Crippen LogP) is 5.85. The predicted molar refractivity (Wildman–Crippen MR) is 189 cm³/mol. The van der Waals surface area contributed by atoms with E-state index in [1.807, 2.05) is 58.0 Å². The van der Waals surface area contributed by atoms with Crippen LogP contribution in [0.3, 0.4) is 0 Å². The Hall–Kier alpha value is -6.26. The molecule has 14 heteroatoms. The topological polar surface area (TPSA) is 198 Å². The summed E-state index contributed by atoms with van der Waals surface area (Å²) >= 11 is 0. The van der Waals surface area contributed by atoms with Gasteiger partial charge >= 0.3 is 30.8 Å². The van der Waals surface area contributed by atoms with Crippen LogP contribution in [0, 0.1) is 27.7 Å². The molecule has 0 unspecified atom stereocenters. The molecule has 0 saturated heterocycles. The van der Waals surface area contributed by atoms with Gasteiger partial charge in [-0.3, -0.25) is 0 Å². The molecule has 262 valence electrons. The number of nitrogens with zero attached hydrogens (tertiary/aromatic N) is 4. The van der Waals surface area contributed by atoms with Crippen LogP contribution in [0.2, 0.25) is 0 Å². The summed E-state index contributed by atoms with van der Waals surface area (Å²) in [6, 6.07) is 25.0. The zero-order valence-electron chi connectivity index (χ0n) is 29.6. The molecule has 53 heavy (non-hydrogen) atoms. The van der Waals surface area contributed by atoms with Crippen molar-refractivity contribution in [1.82, 2.24) is 20.3 Å². The van der Waals surface area contributed by atoms with Crippen LogP contribution >= 0.6 is 0 Å². The first-order valence-corrected chi connectivity index (χ1v) is 15.8. The van der Waals surface area contributed by atoms with Crippen LogP contribution in [0.4, 0.5) is 0 Å². The maximum Gasteiger partial charge on any atom is 1.00 e. The van der Waals surface area contributed by atoms with E-state index in [2.05, 4.69) is 26.3 Å². The summed E-state index contributed by atoms with van der Waals surface area (Å²) < 4.78 is 27.2. The number of hydrogen-bond donors (Lipinski definition) is 1. The number of methoxy groups -OCH3 is 1. The van der Waals surface area contributed by atoms with E-state index in [0.29, 0.717) is 40.2 Å². The van der Waals surface area contributed by atoms with E-state index >= 15 is 0 Å². The van der Waals surface area contributed by atoms with E-state index in [4.69, 9.17) is 27.7 Å². The Kier molecular flexibility index (Phi) is 11.1. The number of aromatic carboxylic acids is 1. The fourth-order valence-corrected chi connectivity index (χ4v) is 5.51. The maximum atomic E-state index is 11.5. The van der Waals surface area contributed by atoms with Crippen LogP contribution in [0.5, 0.6) is 0 Å². The Balaban J connectivity index is 0.000000197. The van der Waals surface area contributed by atoms with E-state index < -0.39 is 11.9 Å². The number of carbonyl (C=O) groups excluding carboxylic acids is 1. The molecule has 4 aromatic carbocycles. The molecule has 4 aromatic heterocycles. The summed E-state index contributed by atoms with van der Waals surface area (Å²) in [4.78, 5) is 31.2. The summed E-state index contributed by atoms with van der Waals surface area (Å²) in [5, 5.41) is 19.0. The molecule has 13 nitrogen and oxygen atoms in total. The van der Waals surface area contributed by atoms with Crippen LogP contribution < -0.4 is 18.9 Å². The molecule has 0 aliphatic heterocycles. The molecule has 0 aliphatic rings. The summed E-state index contributed by atoms with van der Waals surface area (Å²) in [6.45, 7) is 8.03. The van der Waals surface area contributed by atoms with Crippen molar-refractivity contribution in [3.63, 3.8) is 0 Å². The second kappa shape index (κ2) is 15.5. The van der Waals surface area contributed by atoms with Gasteiger partial charge in [-0.05, 0) is 86.3 Å². The molecular formula is C39H31LiN4O9. The zero-order chi connectivity index (χ0) is 35.8. The number of esters is 1. The van der Waals surface area contributed by atoms with Gasteiger partial charge in [0.1, 0.15) is 11.2 Å². The van der Waals surface area contributed by atoms with E-state index in [0.717, 1.165) is 49.8 Å². The SMILES string of the molecule is COC(=O)c1ccc(-c2noc(-c3cc4c(C)ccc(C)c4o3)n2)cc1.Cc1ccc(C)c2oc(-c3nc(-c4ccc(C(=O)O)cc4)no3)cc12.[Li+].[OH-]. The summed E-state index contributed by atoms with van der Waals surface area (Å²) in [6.07, 6.45) is 0. The smallest absolute Gasteiger partial charge is 0.870 e. The minimum absolute atomic E-state index is 0. The molecule has 8 aromatic rings. The van der Waals surface area contributed by atoms with E-state index in [9.17, 15) is 9.59 Å². The Morgan fingerprint density at radius 3 is 1.38 bits per heavy atom. The minimum Gasteiger partial charge on any atom is -0.870 e. The Bertz CT molecular complexity index is 2490. The Labute approximate surface area is 314 Å².